The third-order valence-electron chi connectivity index (χ3n) is 4.27. The summed E-state index contributed by atoms with van der Waals surface area (Å²) < 4.78 is 5.22. The van der Waals surface area contributed by atoms with Gasteiger partial charge in [-0.25, -0.2) is 4.98 Å². The second-order valence-electron chi connectivity index (χ2n) is 5.99. The normalized spacial score (nSPS) is 24.1. The largest absolute Gasteiger partial charge is 0.383 e. The van der Waals surface area contributed by atoms with E-state index < -0.39 is 0 Å². The Kier molecular flexibility index (Phi) is 6.61. The third kappa shape index (κ3) is 4.49. The van der Waals surface area contributed by atoms with Gasteiger partial charge in [0.15, 0.2) is 0 Å². The Morgan fingerprint density at radius 3 is 2.95 bits per heavy atom. The summed E-state index contributed by atoms with van der Waals surface area (Å²) in [5, 5.41) is 7.19. The van der Waals surface area contributed by atoms with Gasteiger partial charge in [-0.3, -0.25) is 0 Å². The number of aromatic nitrogens is 1. The van der Waals surface area contributed by atoms with Gasteiger partial charge in [0.05, 0.1) is 12.1 Å². The van der Waals surface area contributed by atoms with Crippen LogP contribution in [0.2, 0.25) is 0 Å². The van der Waals surface area contributed by atoms with Crippen LogP contribution in [0.15, 0.2) is 5.38 Å². The first-order valence-electron chi connectivity index (χ1n) is 8.09. The standard InChI is InChI=1S/C16H29N3OS/c1-4-9-19-10-5-6-16(7-11-19,17-8-12-20-3)15-18-14(2)13-21-15/h13,17H,4-12H2,1-3H3. The monoisotopic (exact) mass is 311 g/mol. The first kappa shape index (κ1) is 16.9. The summed E-state index contributed by atoms with van der Waals surface area (Å²) in [4.78, 5) is 7.39. The molecule has 5 heteroatoms. The predicted molar refractivity (Wildman–Crippen MR) is 89.0 cm³/mol. The van der Waals surface area contributed by atoms with Crippen molar-refractivity contribution >= 4 is 11.3 Å². The molecular weight excluding hydrogens is 282 g/mol. The average molecular weight is 311 g/mol. The molecule has 0 aromatic carbocycles. The van der Waals surface area contributed by atoms with Crippen LogP contribution in [0, 0.1) is 6.92 Å². The van der Waals surface area contributed by atoms with Crippen LogP contribution in [0.5, 0.6) is 0 Å². The molecular formula is C16H29N3OS. The number of thiazole rings is 1. The van der Waals surface area contributed by atoms with Crippen LogP contribution in [0.25, 0.3) is 0 Å². The Labute approximate surface area is 132 Å². The summed E-state index contributed by atoms with van der Waals surface area (Å²) in [6.45, 7) is 9.58. The summed E-state index contributed by atoms with van der Waals surface area (Å²) in [6, 6.07) is 0. The van der Waals surface area contributed by atoms with E-state index in [9.17, 15) is 0 Å². The van der Waals surface area contributed by atoms with Gasteiger partial charge in [-0.2, -0.15) is 0 Å². The molecule has 0 bridgehead atoms. The molecule has 2 heterocycles. The summed E-state index contributed by atoms with van der Waals surface area (Å²) in [5.74, 6) is 0. The number of rotatable bonds is 7. The molecule has 1 saturated heterocycles. The molecule has 120 valence electrons. The molecule has 1 aliphatic heterocycles. The molecule has 1 fully saturated rings. The van der Waals surface area contributed by atoms with E-state index in [1.165, 1.54) is 37.4 Å². The van der Waals surface area contributed by atoms with Crippen LogP contribution in [0.1, 0.15) is 43.3 Å². The van der Waals surface area contributed by atoms with E-state index in [1.54, 1.807) is 18.4 Å². The Bertz CT molecular complexity index is 423. The molecule has 0 aliphatic carbocycles. The van der Waals surface area contributed by atoms with E-state index in [0.717, 1.165) is 31.8 Å². The zero-order chi connectivity index (χ0) is 15.1. The van der Waals surface area contributed by atoms with Crippen LogP contribution < -0.4 is 5.32 Å². The topological polar surface area (TPSA) is 37.4 Å². The van der Waals surface area contributed by atoms with Crippen molar-refractivity contribution in [2.75, 3.05) is 39.9 Å². The fourth-order valence-electron chi connectivity index (χ4n) is 3.16. The van der Waals surface area contributed by atoms with E-state index in [0.29, 0.717) is 0 Å². The highest BCUT2D eigenvalue weighted by atomic mass is 32.1. The Balaban J connectivity index is 2.12. The summed E-state index contributed by atoms with van der Waals surface area (Å²) >= 11 is 1.80. The highest BCUT2D eigenvalue weighted by molar-refractivity contribution is 7.09. The smallest absolute Gasteiger partial charge is 0.113 e. The lowest BCUT2D eigenvalue weighted by atomic mass is 9.91. The van der Waals surface area contributed by atoms with Gasteiger partial charge in [0.25, 0.3) is 0 Å². The van der Waals surface area contributed by atoms with Gasteiger partial charge in [-0.05, 0) is 45.7 Å². The zero-order valence-corrected chi connectivity index (χ0v) is 14.5. The van der Waals surface area contributed by atoms with Gasteiger partial charge in [0, 0.05) is 31.3 Å². The van der Waals surface area contributed by atoms with Gasteiger partial charge in [0.2, 0.25) is 0 Å². The number of aryl methyl sites for hydroxylation is 1. The SMILES string of the molecule is CCCN1CCCC(NCCOC)(c2nc(C)cs2)CC1. The minimum absolute atomic E-state index is 0.0416. The fourth-order valence-corrected chi connectivity index (χ4v) is 4.20. The summed E-state index contributed by atoms with van der Waals surface area (Å²) in [7, 11) is 1.76. The van der Waals surface area contributed by atoms with Crippen LogP contribution >= 0.6 is 11.3 Å². The molecule has 1 N–H and O–H groups in total. The molecule has 0 amide bonds. The van der Waals surface area contributed by atoms with Gasteiger partial charge in [0.1, 0.15) is 5.01 Å². The number of methoxy groups -OCH3 is 1. The number of hydrogen-bond donors (Lipinski definition) is 1. The zero-order valence-electron chi connectivity index (χ0n) is 13.7. The number of hydrogen-bond acceptors (Lipinski definition) is 5. The highest BCUT2D eigenvalue weighted by Crippen LogP contribution is 2.34. The second kappa shape index (κ2) is 8.22. The van der Waals surface area contributed by atoms with E-state index in [2.05, 4.69) is 29.4 Å². The Morgan fingerprint density at radius 2 is 2.29 bits per heavy atom. The minimum Gasteiger partial charge on any atom is -0.383 e. The van der Waals surface area contributed by atoms with Crippen molar-refractivity contribution in [3.63, 3.8) is 0 Å². The van der Waals surface area contributed by atoms with Crippen molar-refractivity contribution in [1.29, 1.82) is 0 Å². The van der Waals surface area contributed by atoms with Crippen LogP contribution in [-0.2, 0) is 10.3 Å². The van der Waals surface area contributed by atoms with Crippen molar-refractivity contribution in [1.82, 2.24) is 15.2 Å². The molecule has 2 rings (SSSR count). The maximum Gasteiger partial charge on any atom is 0.113 e. The number of likely N-dealkylation sites (tertiary alicyclic amines) is 1. The average Bonchev–Trinajstić information content (AvgIpc) is 2.81. The molecule has 4 nitrogen and oxygen atoms in total. The van der Waals surface area contributed by atoms with Crippen molar-refractivity contribution in [3.05, 3.63) is 16.1 Å². The van der Waals surface area contributed by atoms with E-state index in [-0.39, 0.29) is 5.54 Å². The van der Waals surface area contributed by atoms with Crippen molar-refractivity contribution in [2.45, 2.75) is 45.1 Å². The molecule has 21 heavy (non-hydrogen) atoms. The lowest BCUT2D eigenvalue weighted by Gasteiger charge is -2.32. The van der Waals surface area contributed by atoms with Gasteiger partial charge >= 0.3 is 0 Å². The van der Waals surface area contributed by atoms with Gasteiger partial charge < -0.3 is 15.0 Å². The Morgan fingerprint density at radius 1 is 1.43 bits per heavy atom. The first-order chi connectivity index (χ1) is 10.2. The van der Waals surface area contributed by atoms with Crippen molar-refractivity contribution in [2.24, 2.45) is 0 Å². The van der Waals surface area contributed by atoms with Crippen LogP contribution in [0.4, 0.5) is 0 Å². The van der Waals surface area contributed by atoms with E-state index >= 15 is 0 Å². The van der Waals surface area contributed by atoms with Crippen molar-refractivity contribution in [3.8, 4) is 0 Å². The molecule has 0 saturated carbocycles. The lowest BCUT2D eigenvalue weighted by Crippen LogP contribution is -2.44. The van der Waals surface area contributed by atoms with Gasteiger partial charge in [-0.1, -0.05) is 6.92 Å². The summed E-state index contributed by atoms with van der Waals surface area (Å²) in [6.07, 6.45) is 4.78. The predicted octanol–water partition coefficient (Wildman–Crippen LogP) is 2.78. The molecule has 1 atom stereocenters. The maximum atomic E-state index is 5.22. The molecule has 1 aromatic rings. The molecule has 1 unspecified atom stereocenters. The Hall–Kier alpha value is -0.490. The number of nitrogens with one attached hydrogen (secondary N) is 1. The van der Waals surface area contributed by atoms with Crippen molar-refractivity contribution < 1.29 is 4.74 Å². The van der Waals surface area contributed by atoms with Crippen LogP contribution in [-0.4, -0.2) is 49.8 Å². The van der Waals surface area contributed by atoms with Gasteiger partial charge in [-0.15, -0.1) is 11.3 Å². The van der Waals surface area contributed by atoms with E-state index in [1.807, 2.05) is 0 Å². The van der Waals surface area contributed by atoms with E-state index in [4.69, 9.17) is 9.72 Å². The maximum absolute atomic E-state index is 5.22. The molecule has 0 spiro atoms. The third-order valence-corrected chi connectivity index (χ3v) is 5.43. The number of ether oxygens (including phenoxy) is 1. The second-order valence-corrected chi connectivity index (χ2v) is 6.85. The summed E-state index contributed by atoms with van der Waals surface area (Å²) in [5.41, 5.74) is 1.18. The molecule has 0 radical (unpaired) electrons. The highest BCUT2D eigenvalue weighted by Gasteiger charge is 2.36. The van der Waals surface area contributed by atoms with Crippen LogP contribution in [0.3, 0.4) is 0 Å². The quantitative estimate of drug-likeness (QED) is 0.786. The fraction of sp³-hybridized carbons (Fsp3) is 0.812. The molecule has 1 aromatic heterocycles. The first-order valence-corrected chi connectivity index (χ1v) is 8.97. The number of nitrogens with zero attached hydrogens (tertiary/aromatic N) is 2. The minimum atomic E-state index is 0.0416. The molecule has 1 aliphatic rings. The lowest BCUT2D eigenvalue weighted by molar-refractivity contribution is 0.176.